The van der Waals surface area contributed by atoms with Gasteiger partial charge in [0.15, 0.2) is 0 Å². The van der Waals surface area contributed by atoms with Crippen LogP contribution in [0.5, 0.6) is 0 Å². The van der Waals surface area contributed by atoms with Gasteiger partial charge in [-0.1, -0.05) is 13.8 Å². The molecule has 0 unspecified atom stereocenters. The van der Waals surface area contributed by atoms with Gasteiger partial charge in [0.25, 0.3) is 11.8 Å². The molecule has 9 heteroatoms. The molecule has 0 bridgehead atoms. The number of hydrogen-bond acceptors (Lipinski definition) is 5. The minimum Gasteiger partial charge on any atom is -0.480 e. The number of nitrogens with one attached hydrogen (secondary N) is 2. The SMILES string of the molecule is CC(C)[C@@H](NS(=O)(=O)c1ccc2c(c1)C(=O)NC2=O)C(=O)O. The molecule has 1 atom stereocenters. The van der Waals surface area contributed by atoms with Crippen molar-refractivity contribution in [3.63, 3.8) is 0 Å². The molecule has 1 aromatic carbocycles. The number of carbonyl (C=O) groups is 3. The van der Waals surface area contributed by atoms with Crippen molar-refractivity contribution in [3.05, 3.63) is 29.3 Å². The van der Waals surface area contributed by atoms with Crippen molar-refractivity contribution in [3.8, 4) is 0 Å². The molecule has 2 rings (SSSR count). The molecule has 1 heterocycles. The zero-order valence-electron chi connectivity index (χ0n) is 11.8. The van der Waals surface area contributed by atoms with E-state index < -0.39 is 39.8 Å². The number of aliphatic carboxylic acids is 1. The fraction of sp³-hybridized carbons (Fsp3) is 0.308. The van der Waals surface area contributed by atoms with Crippen LogP contribution in [0.15, 0.2) is 23.1 Å². The number of carbonyl (C=O) groups excluding carboxylic acids is 2. The van der Waals surface area contributed by atoms with Gasteiger partial charge < -0.3 is 5.11 Å². The molecular formula is C13H14N2O6S. The zero-order valence-corrected chi connectivity index (χ0v) is 12.6. The molecule has 0 aliphatic carbocycles. The lowest BCUT2D eigenvalue weighted by molar-refractivity contribution is -0.140. The Morgan fingerprint density at radius 3 is 2.32 bits per heavy atom. The molecule has 1 aliphatic heterocycles. The van der Waals surface area contributed by atoms with Crippen LogP contribution in [0.4, 0.5) is 0 Å². The lowest BCUT2D eigenvalue weighted by atomic mass is 10.1. The summed E-state index contributed by atoms with van der Waals surface area (Å²) >= 11 is 0. The summed E-state index contributed by atoms with van der Waals surface area (Å²) in [6, 6.07) is 2.12. The molecule has 2 amide bonds. The van der Waals surface area contributed by atoms with Gasteiger partial charge in [-0.15, -0.1) is 0 Å². The van der Waals surface area contributed by atoms with Gasteiger partial charge in [0.2, 0.25) is 10.0 Å². The van der Waals surface area contributed by atoms with Gasteiger partial charge in [0, 0.05) is 0 Å². The van der Waals surface area contributed by atoms with Crippen LogP contribution in [0.3, 0.4) is 0 Å². The Bertz CT molecular complexity index is 769. The second kappa shape index (κ2) is 5.50. The van der Waals surface area contributed by atoms with Crippen LogP contribution in [0.1, 0.15) is 34.6 Å². The van der Waals surface area contributed by atoms with E-state index in [2.05, 4.69) is 10.0 Å². The van der Waals surface area contributed by atoms with Crippen LogP contribution < -0.4 is 10.0 Å². The van der Waals surface area contributed by atoms with Crippen LogP contribution >= 0.6 is 0 Å². The van der Waals surface area contributed by atoms with Crippen molar-refractivity contribution >= 4 is 27.8 Å². The van der Waals surface area contributed by atoms with Gasteiger partial charge in [0.1, 0.15) is 6.04 Å². The van der Waals surface area contributed by atoms with E-state index in [1.165, 1.54) is 6.07 Å². The van der Waals surface area contributed by atoms with E-state index in [4.69, 9.17) is 5.11 Å². The Balaban J connectivity index is 2.39. The number of fused-ring (bicyclic) bond motifs is 1. The number of rotatable bonds is 5. The summed E-state index contributed by atoms with van der Waals surface area (Å²) in [6.45, 7) is 3.13. The number of sulfonamides is 1. The quantitative estimate of drug-likeness (QED) is 0.651. The lowest BCUT2D eigenvalue weighted by Crippen LogP contribution is -2.44. The maximum Gasteiger partial charge on any atom is 0.322 e. The topological polar surface area (TPSA) is 130 Å². The maximum atomic E-state index is 12.2. The van der Waals surface area contributed by atoms with Crippen molar-refractivity contribution in [2.75, 3.05) is 0 Å². The Kier molecular flexibility index (Phi) is 4.03. The van der Waals surface area contributed by atoms with Crippen LogP contribution in [-0.4, -0.2) is 37.3 Å². The van der Waals surface area contributed by atoms with Crippen LogP contribution in [0.2, 0.25) is 0 Å². The van der Waals surface area contributed by atoms with E-state index in [0.29, 0.717) is 0 Å². The predicted octanol–water partition coefficient (Wildman–Crippen LogP) is -0.0423. The highest BCUT2D eigenvalue weighted by molar-refractivity contribution is 7.89. The monoisotopic (exact) mass is 326 g/mol. The number of carboxylic acid groups (broad SMARTS) is 1. The molecule has 0 aromatic heterocycles. The molecule has 118 valence electrons. The molecule has 22 heavy (non-hydrogen) atoms. The normalized spacial score (nSPS) is 15.6. The summed E-state index contributed by atoms with van der Waals surface area (Å²) in [5.41, 5.74) is 0.0342. The van der Waals surface area contributed by atoms with Crippen LogP contribution in [-0.2, 0) is 14.8 Å². The van der Waals surface area contributed by atoms with E-state index in [0.717, 1.165) is 12.1 Å². The average molecular weight is 326 g/mol. The minimum atomic E-state index is -4.13. The fourth-order valence-electron chi connectivity index (χ4n) is 2.02. The van der Waals surface area contributed by atoms with E-state index in [9.17, 15) is 22.8 Å². The number of hydrogen-bond donors (Lipinski definition) is 3. The van der Waals surface area contributed by atoms with Crippen molar-refractivity contribution < 1.29 is 27.9 Å². The standard InChI is InChI=1S/C13H14N2O6S/c1-6(2)10(13(18)19)15-22(20,21)7-3-4-8-9(5-7)12(17)14-11(8)16/h3-6,10,15H,1-2H3,(H,18,19)(H,14,16,17)/t10-/m1/s1. The van der Waals surface area contributed by atoms with E-state index >= 15 is 0 Å². The Labute approximate surface area is 126 Å². The smallest absolute Gasteiger partial charge is 0.322 e. The van der Waals surface area contributed by atoms with Gasteiger partial charge in [-0.2, -0.15) is 4.72 Å². The third-order valence-electron chi connectivity index (χ3n) is 3.23. The fourth-order valence-corrected chi connectivity index (χ4v) is 3.38. The number of amides is 2. The van der Waals surface area contributed by atoms with Crippen LogP contribution in [0, 0.1) is 5.92 Å². The first kappa shape index (κ1) is 16.1. The van der Waals surface area contributed by atoms with Crippen LogP contribution in [0.25, 0.3) is 0 Å². The molecule has 1 aliphatic rings. The summed E-state index contributed by atoms with van der Waals surface area (Å²) in [5, 5.41) is 11.1. The van der Waals surface area contributed by atoms with Gasteiger partial charge >= 0.3 is 5.97 Å². The Morgan fingerprint density at radius 2 is 1.77 bits per heavy atom. The average Bonchev–Trinajstić information content (AvgIpc) is 2.70. The van der Waals surface area contributed by atoms with Crippen molar-refractivity contribution in [1.29, 1.82) is 0 Å². The third-order valence-corrected chi connectivity index (χ3v) is 4.67. The molecule has 3 N–H and O–H groups in total. The largest absolute Gasteiger partial charge is 0.480 e. The first-order chi connectivity index (χ1) is 10.1. The zero-order chi connectivity index (χ0) is 16.7. The third kappa shape index (κ3) is 2.85. The van der Waals surface area contributed by atoms with Crippen molar-refractivity contribution in [2.45, 2.75) is 24.8 Å². The molecule has 8 nitrogen and oxygen atoms in total. The van der Waals surface area contributed by atoms with Gasteiger partial charge in [-0.05, 0) is 24.1 Å². The Morgan fingerprint density at radius 1 is 1.18 bits per heavy atom. The van der Waals surface area contributed by atoms with E-state index in [-0.39, 0.29) is 16.0 Å². The molecule has 0 fully saturated rings. The van der Waals surface area contributed by atoms with Crippen molar-refractivity contribution in [2.24, 2.45) is 5.92 Å². The first-order valence-corrected chi connectivity index (χ1v) is 7.86. The highest BCUT2D eigenvalue weighted by atomic mass is 32.2. The second-order valence-corrected chi connectivity index (χ2v) is 6.89. The number of carboxylic acids is 1. The predicted molar refractivity (Wildman–Crippen MR) is 74.8 cm³/mol. The highest BCUT2D eigenvalue weighted by Gasteiger charge is 2.31. The van der Waals surface area contributed by atoms with E-state index in [1.807, 2.05) is 0 Å². The van der Waals surface area contributed by atoms with Crippen molar-refractivity contribution in [1.82, 2.24) is 10.0 Å². The van der Waals surface area contributed by atoms with E-state index in [1.54, 1.807) is 13.8 Å². The lowest BCUT2D eigenvalue weighted by Gasteiger charge is -2.18. The number of benzene rings is 1. The molecule has 0 spiro atoms. The summed E-state index contributed by atoms with van der Waals surface area (Å²) in [7, 11) is -4.13. The summed E-state index contributed by atoms with van der Waals surface area (Å²) < 4.78 is 26.6. The first-order valence-electron chi connectivity index (χ1n) is 6.38. The molecular weight excluding hydrogens is 312 g/mol. The van der Waals surface area contributed by atoms with Gasteiger partial charge in [0.05, 0.1) is 16.0 Å². The molecule has 0 saturated heterocycles. The number of imide groups is 1. The highest BCUT2D eigenvalue weighted by Crippen LogP contribution is 2.21. The summed E-state index contributed by atoms with van der Waals surface area (Å²) in [5.74, 6) is -3.04. The van der Waals surface area contributed by atoms with Gasteiger partial charge in [-0.3, -0.25) is 19.7 Å². The second-order valence-electron chi connectivity index (χ2n) is 5.17. The summed E-state index contributed by atoms with van der Waals surface area (Å²) in [6.07, 6.45) is 0. The molecule has 0 radical (unpaired) electrons. The maximum absolute atomic E-state index is 12.2. The summed E-state index contributed by atoms with van der Waals surface area (Å²) in [4.78, 5) is 33.8. The molecule has 0 saturated carbocycles. The van der Waals surface area contributed by atoms with Gasteiger partial charge in [-0.25, -0.2) is 8.42 Å². The minimum absolute atomic E-state index is 0.0516. The Hall–Kier alpha value is -2.26. The molecule has 1 aromatic rings.